The smallest absolute Gasteiger partial charge is 0.251 e. The third-order valence-corrected chi connectivity index (χ3v) is 3.19. The second kappa shape index (κ2) is 7.12. The van der Waals surface area contributed by atoms with E-state index >= 15 is 0 Å². The maximum atomic E-state index is 11.8. The van der Waals surface area contributed by atoms with Crippen LogP contribution in [0.5, 0.6) is 11.5 Å². The molecule has 0 unspecified atom stereocenters. The molecule has 1 aromatic rings. The Kier molecular flexibility index (Phi) is 5.20. The summed E-state index contributed by atoms with van der Waals surface area (Å²) in [6.45, 7) is 2.81. The first-order valence-corrected chi connectivity index (χ1v) is 6.78. The Hall–Kier alpha value is -1.79. The Morgan fingerprint density at radius 2 is 1.90 bits per heavy atom. The molecule has 4 N–H and O–H groups in total. The Labute approximate surface area is 117 Å². The van der Waals surface area contributed by atoms with Crippen LogP contribution >= 0.6 is 0 Å². The Morgan fingerprint density at radius 1 is 1.25 bits per heavy atom. The van der Waals surface area contributed by atoms with Crippen molar-refractivity contribution in [3.63, 3.8) is 0 Å². The number of phenolic OH excluding ortho intramolecular Hbond substituents is 2. The van der Waals surface area contributed by atoms with Gasteiger partial charge >= 0.3 is 0 Å². The van der Waals surface area contributed by atoms with E-state index in [1.54, 1.807) is 0 Å². The number of ether oxygens (including phenoxy) is 1. The minimum atomic E-state index is -0.342. The Balaban J connectivity index is 1.71. The number of amides is 1. The Bertz CT molecular complexity index is 438. The molecule has 1 aliphatic rings. The number of piperidine rings is 1. The van der Waals surface area contributed by atoms with Crippen molar-refractivity contribution in [1.82, 2.24) is 10.6 Å². The highest BCUT2D eigenvalue weighted by molar-refractivity contribution is 5.95. The van der Waals surface area contributed by atoms with Crippen LogP contribution in [-0.4, -0.2) is 48.5 Å². The molecular weight excluding hydrogens is 260 g/mol. The molecule has 1 heterocycles. The highest BCUT2D eigenvalue weighted by Gasteiger charge is 2.13. The SMILES string of the molecule is O=C(NCCOC1CCNCC1)c1cc(O)cc(O)c1. The number of nitrogens with one attached hydrogen (secondary N) is 2. The molecule has 1 aromatic carbocycles. The van der Waals surface area contributed by atoms with Crippen molar-refractivity contribution in [2.45, 2.75) is 18.9 Å². The first-order chi connectivity index (χ1) is 9.65. The van der Waals surface area contributed by atoms with Crippen LogP contribution in [0.1, 0.15) is 23.2 Å². The topological polar surface area (TPSA) is 90.8 Å². The standard InChI is InChI=1S/C14H20N2O4/c17-11-7-10(8-12(18)9-11)14(19)16-5-6-20-13-1-3-15-4-2-13/h7-9,13,15,17-18H,1-6H2,(H,16,19). The lowest BCUT2D eigenvalue weighted by Gasteiger charge is -2.22. The predicted molar refractivity (Wildman–Crippen MR) is 73.9 cm³/mol. The van der Waals surface area contributed by atoms with Crippen LogP contribution in [0.4, 0.5) is 0 Å². The monoisotopic (exact) mass is 280 g/mol. The molecule has 0 saturated carbocycles. The number of aromatic hydroxyl groups is 2. The molecule has 1 saturated heterocycles. The van der Waals surface area contributed by atoms with Gasteiger partial charge < -0.3 is 25.6 Å². The molecule has 0 atom stereocenters. The van der Waals surface area contributed by atoms with Crippen molar-refractivity contribution < 1.29 is 19.7 Å². The van der Waals surface area contributed by atoms with Crippen molar-refractivity contribution in [3.8, 4) is 11.5 Å². The van der Waals surface area contributed by atoms with Crippen molar-refractivity contribution >= 4 is 5.91 Å². The summed E-state index contributed by atoms with van der Waals surface area (Å²) < 4.78 is 5.66. The van der Waals surface area contributed by atoms with Gasteiger partial charge in [-0.25, -0.2) is 0 Å². The highest BCUT2D eigenvalue weighted by atomic mass is 16.5. The zero-order valence-electron chi connectivity index (χ0n) is 11.3. The van der Waals surface area contributed by atoms with Gasteiger partial charge in [-0.2, -0.15) is 0 Å². The van der Waals surface area contributed by atoms with Crippen LogP contribution in [0.25, 0.3) is 0 Å². The first kappa shape index (κ1) is 14.6. The van der Waals surface area contributed by atoms with Crippen LogP contribution in [0.2, 0.25) is 0 Å². The lowest BCUT2D eigenvalue weighted by molar-refractivity contribution is 0.0343. The van der Waals surface area contributed by atoms with Crippen LogP contribution in [0, 0.1) is 0 Å². The van der Waals surface area contributed by atoms with Gasteiger partial charge in [-0.3, -0.25) is 4.79 Å². The number of phenols is 2. The zero-order valence-corrected chi connectivity index (χ0v) is 11.3. The number of carbonyl (C=O) groups excluding carboxylic acids is 1. The summed E-state index contributed by atoms with van der Waals surface area (Å²) in [5.41, 5.74) is 0.226. The van der Waals surface area contributed by atoms with E-state index in [1.165, 1.54) is 18.2 Å². The summed E-state index contributed by atoms with van der Waals surface area (Å²) in [5, 5.41) is 24.6. The molecule has 110 valence electrons. The summed E-state index contributed by atoms with van der Waals surface area (Å²) in [6.07, 6.45) is 2.25. The lowest BCUT2D eigenvalue weighted by atomic mass is 10.1. The number of hydrogen-bond acceptors (Lipinski definition) is 5. The normalized spacial score (nSPS) is 16.0. The fourth-order valence-electron chi connectivity index (χ4n) is 2.18. The molecular formula is C14H20N2O4. The number of hydrogen-bond donors (Lipinski definition) is 4. The average molecular weight is 280 g/mol. The molecule has 0 radical (unpaired) electrons. The van der Waals surface area contributed by atoms with Crippen LogP contribution in [0.15, 0.2) is 18.2 Å². The maximum Gasteiger partial charge on any atom is 0.251 e. The second-order valence-electron chi connectivity index (χ2n) is 4.81. The van der Waals surface area contributed by atoms with Crippen LogP contribution in [0.3, 0.4) is 0 Å². The van der Waals surface area contributed by atoms with Crippen molar-refractivity contribution in [1.29, 1.82) is 0 Å². The van der Waals surface area contributed by atoms with Gasteiger partial charge in [0.1, 0.15) is 11.5 Å². The number of carbonyl (C=O) groups is 1. The van der Waals surface area contributed by atoms with Crippen molar-refractivity contribution in [3.05, 3.63) is 23.8 Å². The quantitative estimate of drug-likeness (QED) is 0.593. The molecule has 1 amide bonds. The van der Waals surface area contributed by atoms with Crippen molar-refractivity contribution in [2.24, 2.45) is 0 Å². The van der Waals surface area contributed by atoms with Gasteiger partial charge in [0.05, 0.1) is 12.7 Å². The fourth-order valence-corrected chi connectivity index (χ4v) is 2.18. The van der Waals surface area contributed by atoms with E-state index in [0.29, 0.717) is 13.2 Å². The predicted octanol–water partition coefficient (Wildman–Crippen LogP) is 0.596. The molecule has 0 bridgehead atoms. The molecule has 0 aliphatic carbocycles. The van der Waals surface area contributed by atoms with E-state index < -0.39 is 0 Å². The minimum absolute atomic E-state index is 0.138. The van der Waals surface area contributed by atoms with E-state index in [2.05, 4.69) is 10.6 Å². The minimum Gasteiger partial charge on any atom is -0.508 e. The van der Waals surface area contributed by atoms with Gasteiger partial charge in [0.15, 0.2) is 0 Å². The molecule has 0 aromatic heterocycles. The Morgan fingerprint density at radius 3 is 2.55 bits per heavy atom. The van der Waals surface area contributed by atoms with Gasteiger partial charge in [-0.15, -0.1) is 0 Å². The van der Waals surface area contributed by atoms with Gasteiger partial charge in [-0.05, 0) is 38.1 Å². The van der Waals surface area contributed by atoms with Crippen molar-refractivity contribution in [2.75, 3.05) is 26.2 Å². The van der Waals surface area contributed by atoms with E-state index in [-0.39, 0.29) is 29.1 Å². The van der Waals surface area contributed by atoms with Crippen LogP contribution < -0.4 is 10.6 Å². The lowest BCUT2D eigenvalue weighted by Crippen LogP contribution is -2.34. The summed E-state index contributed by atoms with van der Waals surface area (Å²) in [5.74, 6) is -0.618. The van der Waals surface area contributed by atoms with Gasteiger partial charge in [0, 0.05) is 18.2 Å². The fraction of sp³-hybridized carbons (Fsp3) is 0.500. The second-order valence-corrected chi connectivity index (χ2v) is 4.81. The van der Waals surface area contributed by atoms with E-state index in [0.717, 1.165) is 25.9 Å². The van der Waals surface area contributed by atoms with E-state index in [9.17, 15) is 15.0 Å². The van der Waals surface area contributed by atoms with E-state index in [1.807, 2.05) is 0 Å². The molecule has 0 spiro atoms. The molecule has 1 fully saturated rings. The summed E-state index contributed by atoms with van der Waals surface area (Å²) in [6, 6.07) is 3.79. The third kappa shape index (κ3) is 4.40. The first-order valence-electron chi connectivity index (χ1n) is 6.78. The molecule has 6 nitrogen and oxygen atoms in total. The highest BCUT2D eigenvalue weighted by Crippen LogP contribution is 2.20. The van der Waals surface area contributed by atoms with Gasteiger partial charge in [-0.1, -0.05) is 0 Å². The average Bonchev–Trinajstić information content (AvgIpc) is 2.43. The summed E-state index contributed by atoms with van der Waals surface area (Å²) in [4.78, 5) is 11.8. The summed E-state index contributed by atoms with van der Waals surface area (Å²) in [7, 11) is 0. The third-order valence-electron chi connectivity index (χ3n) is 3.19. The molecule has 20 heavy (non-hydrogen) atoms. The van der Waals surface area contributed by atoms with Gasteiger partial charge in [0.2, 0.25) is 0 Å². The van der Waals surface area contributed by atoms with Gasteiger partial charge in [0.25, 0.3) is 5.91 Å². The largest absolute Gasteiger partial charge is 0.508 e. The molecule has 6 heteroatoms. The maximum absolute atomic E-state index is 11.8. The van der Waals surface area contributed by atoms with Crippen LogP contribution in [-0.2, 0) is 4.74 Å². The number of benzene rings is 1. The molecule has 2 rings (SSSR count). The van der Waals surface area contributed by atoms with E-state index in [4.69, 9.17) is 4.74 Å². The summed E-state index contributed by atoms with van der Waals surface area (Å²) >= 11 is 0. The molecule has 1 aliphatic heterocycles. The number of rotatable bonds is 5. The zero-order chi connectivity index (χ0) is 14.4.